The van der Waals surface area contributed by atoms with Gasteiger partial charge in [0.25, 0.3) is 0 Å². The third kappa shape index (κ3) is 2.61. The fourth-order valence-corrected chi connectivity index (χ4v) is 1.72. The number of unbranched alkanes of at least 4 members (excludes halogenated alkanes) is 1. The van der Waals surface area contributed by atoms with Crippen molar-refractivity contribution >= 4 is 24.0 Å². The lowest BCUT2D eigenvalue weighted by Crippen LogP contribution is -1.93. The minimum atomic E-state index is -0.230. The van der Waals surface area contributed by atoms with Crippen molar-refractivity contribution < 1.29 is 15.0 Å². The highest BCUT2D eigenvalue weighted by Gasteiger charge is 2.18. The van der Waals surface area contributed by atoms with Crippen molar-refractivity contribution in [1.29, 1.82) is 0 Å². The molecule has 17 heavy (non-hydrogen) atoms. The van der Waals surface area contributed by atoms with Crippen LogP contribution in [0.4, 0.5) is 0 Å². The minimum absolute atomic E-state index is 0.0982. The van der Waals surface area contributed by atoms with Crippen molar-refractivity contribution in [2.75, 3.05) is 0 Å². The molecule has 3 nitrogen and oxygen atoms in total. The fraction of sp³-hybridized carbons (Fsp3) is 0.308. The van der Waals surface area contributed by atoms with E-state index >= 15 is 0 Å². The van der Waals surface area contributed by atoms with E-state index in [9.17, 15) is 15.0 Å². The van der Waals surface area contributed by atoms with Gasteiger partial charge in [-0.15, -0.1) is 0 Å². The van der Waals surface area contributed by atoms with Gasteiger partial charge in [0, 0.05) is 0 Å². The standard InChI is InChI=1S/C13H15ClO3/c1-3-4-5-6-9-12(16)10(7-15)8(2)11(14)13(9)17/h5-7,16-17H,3-4H2,1-2H3. The van der Waals surface area contributed by atoms with Gasteiger partial charge in [0.15, 0.2) is 6.29 Å². The molecule has 0 aromatic heterocycles. The minimum Gasteiger partial charge on any atom is -0.506 e. The van der Waals surface area contributed by atoms with Crippen molar-refractivity contribution in [3.8, 4) is 11.5 Å². The van der Waals surface area contributed by atoms with Crippen LogP contribution >= 0.6 is 11.6 Å². The van der Waals surface area contributed by atoms with Gasteiger partial charge in [-0.05, 0) is 18.9 Å². The summed E-state index contributed by atoms with van der Waals surface area (Å²) in [5, 5.41) is 19.8. The van der Waals surface area contributed by atoms with Gasteiger partial charge in [-0.2, -0.15) is 0 Å². The molecule has 1 rings (SSSR count). The van der Waals surface area contributed by atoms with Gasteiger partial charge in [0.2, 0.25) is 0 Å². The zero-order valence-corrected chi connectivity index (χ0v) is 10.6. The molecule has 4 heteroatoms. The Kier molecular flexibility index (Phi) is 4.58. The van der Waals surface area contributed by atoms with E-state index in [4.69, 9.17) is 11.6 Å². The number of aromatic hydroxyl groups is 2. The summed E-state index contributed by atoms with van der Waals surface area (Å²) >= 11 is 5.90. The molecule has 0 heterocycles. The second-order valence-corrected chi connectivity index (χ2v) is 4.15. The van der Waals surface area contributed by atoms with Crippen molar-refractivity contribution in [3.63, 3.8) is 0 Å². The van der Waals surface area contributed by atoms with Crippen LogP contribution < -0.4 is 0 Å². The molecular weight excluding hydrogens is 240 g/mol. The van der Waals surface area contributed by atoms with Crippen LogP contribution in [0, 0.1) is 6.92 Å². The van der Waals surface area contributed by atoms with E-state index in [1.54, 1.807) is 13.0 Å². The van der Waals surface area contributed by atoms with Crippen LogP contribution in [0.5, 0.6) is 11.5 Å². The summed E-state index contributed by atoms with van der Waals surface area (Å²) < 4.78 is 0. The SMILES string of the molecule is CCCC=Cc1c(O)c(Cl)c(C)c(C=O)c1O. The largest absolute Gasteiger partial charge is 0.506 e. The van der Waals surface area contributed by atoms with E-state index in [0.29, 0.717) is 11.8 Å². The molecule has 2 N–H and O–H groups in total. The van der Waals surface area contributed by atoms with Crippen molar-refractivity contribution in [3.05, 3.63) is 27.8 Å². The first-order valence-corrected chi connectivity index (χ1v) is 5.78. The Morgan fingerprint density at radius 2 is 1.88 bits per heavy atom. The maximum atomic E-state index is 10.9. The highest BCUT2D eigenvalue weighted by molar-refractivity contribution is 6.33. The van der Waals surface area contributed by atoms with Crippen LogP contribution in [0.3, 0.4) is 0 Å². The Balaban J connectivity index is 3.39. The van der Waals surface area contributed by atoms with Crippen molar-refractivity contribution in [2.45, 2.75) is 26.7 Å². The van der Waals surface area contributed by atoms with E-state index < -0.39 is 0 Å². The number of halogens is 1. The smallest absolute Gasteiger partial charge is 0.154 e. The Bertz CT molecular complexity index is 464. The number of phenolic OH excluding ortho intramolecular Hbond substituents is 2. The van der Waals surface area contributed by atoms with E-state index in [2.05, 4.69) is 0 Å². The Morgan fingerprint density at radius 1 is 1.24 bits per heavy atom. The van der Waals surface area contributed by atoms with Crippen molar-refractivity contribution in [1.82, 2.24) is 0 Å². The van der Waals surface area contributed by atoms with Crippen molar-refractivity contribution in [2.24, 2.45) is 0 Å². The first-order valence-electron chi connectivity index (χ1n) is 5.40. The van der Waals surface area contributed by atoms with Crippen LogP contribution in [-0.2, 0) is 0 Å². The molecule has 0 fully saturated rings. The summed E-state index contributed by atoms with van der Waals surface area (Å²) in [6.07, 6.45) is 5.70. The molecule has 0 saturated carbocycles. The number of hydrogen-bond donors (Lipinski definition) is 2. The normalized spacial score (nSPS) is 11.0. The molecule has 1 aromatic rings. The number of hydrogen-bond acceptors (Lipinski definition) is 3. The number of phenols is 2. The van der Waals surface area contributed by atoms with E-state index in [1.807, 2.05) is 13.0 Å². The fourth-order valence-electron chi connectivity index (χ4n) is 1.52. The predicted molar refractivity (Wildman–Crippen MR) is 68.8 cm³/mol. The summed E-state index contributed by atoms with van der Waals surface area (Å²) in [5.74, 6) is -0.425. The molecule has 92 valence electrons. The lowest BCUT2D eigenvalue weighted by Gasteiger charge is -2.11. The van der Waals surface area contributed by atoms with Crippen LogP contribution in [0.1, 0.15) is 41.3 Å². The predicted octanol–water partition coefficient (Wildman–Crippen LogP) is 3.69. The molecule has 1 aromatic carbocycles. The molecule has 0 spiro atoms. The third-order valence-corrected chi connectivity index (χ3v) is 3.03. The molecular formula is C13H15ClO3. The molecule has 0 atom stereocenters. The van der Waals surface area contributed by atoms with E-state index in [1.165, 1.54) is 0 Å². The van der Waals surface area contributed by atoms with Gasteiger partial charge in [0.05, 0.1) is 16.1 Å². The summed E-state index contributed by atoms with van der Waals surface area (Å²) in [6.45, 7) is 3.59. The molecule has 0 aliphatic heterocycles. The van der Waals surface area contributed by atoms with Gasteiger partial charge in [0.1, 0.15) is 11.5 Å². The first kappa shape index (κ1) is 13.6. The molecule has 0 unspecified atom stereocenters. The average Bonchev–Trinajstić information content (AvgIpc) is 2.32. The third-order valence-electron chi connectivity index (χ3n) is 2.56. The number of carbonyl (C=O) groups is 1. The quantitative estimate of drug-likeness (QED) is 0.806. The number of rotatable bonds is 4. The Labute approximate surface area is 105 Å². The van der Waals surface area contributed by atoms with Gasteiger partial charge < -0.3 is 10.2 Å². The summed E-state index contributed by atoms with van der Waals surface area (Å²) in [7, 11) is 0. The zero-order valence-electron chi connectivity index (χ0n) is 9.83. The second-order valence-electron chi connectivity index (χ2n) is 3.77. The second kappa shape index (κ2) is 5.73. The number of aldehydes is 1. The summed E-state index contributed by atoms with van der Waals surface area (Å²) in [5.41, 5.74) is 0.685. The van der Waals surface area contributed by atoms with Crippen LogP contribution in [0.2, 0.25) is 5.02 Å². The average molecular weight is 255 g/mol. The maximum absolute atomic E-state index is 10.9. The highest BCUT2D eigenvalue weighted by Crippen LogP contribution is 2.40. The zero-order chi connectivity index (χ0) is 13.0. The lowest BCUT2D eigenvalue weighted by molar-refractivity contribution is 0.112. The Hall–Kier alpha value is -1.48. The first-order chi connectivity index (χ1) is 8.04. The van der Waals surface area contributed by atoms with Crippen LogP contribution in [0.25, 0.3) is 6.08 Å². The molecule has 0 aliphatic rings. The Morgan fingerprint density at radius 3 is 2.41 bits per heavy atom. The molecule has 0 radical (unpaired) electrons. The molecule has 0 saturated heterocycles. The lowest BCUT2D eigenvalue weighted by atomic mass is 10.0. The molecule has 0 bridgehead atoms. The molecule has 0 amide bonds. The van der Waals surface area contributed by atoms with Gasteiger partial charge in [-0.1, -0.05) is 37.1 Å². The van der Waals surface area contributed by atoms with Gasteiger partial charge in [-0.3, -0.25) is 4.79 Å². The highest BCUT2D eigenvalue weighted by atomic mass is 35.5. The topological polar surface area (TPSA) is 57.5 Å². The van der Waals surface area contributed by atoms with Gasteiger partial charge >= 0.3 is 0 Å². The van der Waals surface area contributed by atoms with Crippen LogP contribution in [-0.4, -0.2) is 16.5 Å². The number of benzene rings is 1. The maximum Gasteiger partial charge on any atom is 0.154 e. The number of carbonyl (C=O) groups excluding carboxylic acids is 1. The summed E-state index contributed by atoms with van der Waals surface area (Å²) in [6, 6.07) is 0. The molecule has 0 aliphatic carbocycles. The number of allylic oxidation sites excluding steroid dienone is 1. The van der Waals surface area contributed by atoms with Crippen LogP contribution in [0.15, 0.2) is 6.08 Å². The monoisotopic (exact) mass is 254 g/mol. The van der Waals surface area contributed by atoms with Gasteiger partial charge in [-0.25, -0.2) is 0 Å². The summed E-state index contributed by atoms with van der Waals surface area (Å²) in [4.78, 5) is 10.9. The van der Waals surface area contributed by atoms with E-state index in [-0.39, 0.29) is 27.6 Å². The van der Waals surface area contributed by atoms with E-state index in [0.717, 1.165) is 12.8 Å².